The third kappa shape index (κ3) is 4.05. The fourth-order valence-electron chi connectivity index (χ4n) is 3.43. The maximum atomic E-state index is 13.1. The van der Waals surface area contributed by atoms with Gasteiger partial charge in [0.05, 0.1) is 16.8 Å². The van der Waals surface area contributed by atoms with Gasteiger partial charge in [-0.05, 0) is 30.3 Å². The number of nitrogens with one attached hydrogen (secondary N) is 1. The number of piperazine rings is 1. The van der Waals surface area contributed by atoms with Gasteiger partial charge in [0.15, 0.2) is 5.76 Å². The van der Waals surface area contributed by atoms with Crippen LogP contribution in [0.2, 0.25) is 0 Å². The Morgan fingerprint density at radius 2 is 1.97 bits per heavy atom. The van der Waals surface area contributed by atoms with Crippen molar-refractivity contribution in [2.45, 2.75) is 28.4 Å². The first-order chi connectivity index (χ1) is 13.8. The number of hydrogen-bond acceptors (Lipinski definition) is 6. The largest absolute Gasteiger partial charge is 0.459 e. The normalized spacial score (nSPS) is 20.7. The van der Waals surface area contributed by atoms with Crippen LogP contribution in [0.25, 0.3) is 0 Å². The summed E-state index contributed by atoms with van der Waals surface area (Å²) in [5, 5.41) is 2.92. The van der Waals surface area contributed by atoms with E-state index in [-0.39, 0.29) is 53.9 Å². The van der Waals surface area contributed by atoms with Crippen molar-refractivity contribution in [2.24, 2.45) is 0 Å². The minimum Gasteiger partial charge on any atom is -0.459 e. The molecule has 2 aliphatic rings. The number of nitrogens with zero attached hydrogens (tertiary/aromatic N) is 2. The molecular formula is C19H21N3O5S2. The molecule has 2 aromatic rings. The molecule has 0 saturated carbocycles. The number of carbonyl (C=O) groups excluding carboxylic acids is 2. The van der Waals surface area contributed by atoms with E-state index in [2.05, 4.69) is 5.32 Å². The summed E-state index contributed by atoms with van der Waals surface area (Å²) in [7, 11) is -3.73. The van der Waals surface area contributed by atoms with Crippen LogP contribution in [0.1, 0.15) is 23.9 Å². The average molecular weight is 436 g/mol. The molecule has 0 radical (unpaired) electrons. The topological polar surface area (TPSA) is 99.9 Å². The van der Waals surface area contributed by atoms with Crippen LogP contribution < -0.4 is 5.32 Å². The van der Waals surface area contributed by atoms with Gasteiger partial charge in [-0.2, -0.15) is 4.31 Å². The molecule has 1 aromatic carbocycles. The van der Waals surface area contributed by atoms with Crippen molar-refractivity contribution in [3.8, 4) is 0 Å². The van der Waals surface area contributed by atoms with Crippen molar-refractivity contribution in [1.82, 2.24) is 9.21 Å². The van der Waals surface area contributed by atoms with Crippen LogP contribution in [0.5, 0.6) is 0 Å². The predicted molar refractivity (Wildman–Crippen MR) is 108 cm³/mol. The van der Waals surface area contributed by atoms with E-state index >= 15 is 0 Å². The van der Waals surface area contributed by atoms with Gasteiger partial charge in [0.1, 0.15) is 0 Å². The average Bonchev–Trinajstić information content (AvgIpc) is 3.18. The molecule has 10 heteroatoms. The SMILES string of the molecule is C[C@@H]1CC(=O)Nc2cc(S(=O)(=O)N3CCN(C(=O)c4ccco4)CC3)ccc2S1. The van der Waals surface area contributed by atoms with Gasteiger partial charge >= 0.3 is 0 Å². The van der Waals surface area contributed by atoms with Gasteiger partial charge in [-0.25, -0.2) is 8.42 Å². The molecule has 154 valence electrons. The van der Waals surface area contributed by atoms with Crippen molar-refractivity contribution in [3.05, 3.63) is 42.4 Å². The number of furan rings is 1. The Morgan fingerprint density at radius 1 is 1.21 bits per heavy atom. The number of anilines is 1. The van der Waals surface area contributed by atoms with Gasteiger partial charge in [-0.15, -0.1) is 11.8 Å². The number of carbonyl (C=O) groups is 2. The molecule has 1 fully saturated rings. The van der Waals surface area contributed by atoms with Crippen LogP contribution in [0.4, 0.5) is 5.69 Å². The molecule has 1 aromatic heterocycles. The Morgan fingerprint density at radius 3 is 2.66 bits per heavy atom. The number of rotatable bonds is 3. The summed E-state index contributed by atoms with van der Waals surface area (Å²) < 4.78 is 32.7. The molecular weight excluding hydrogens is 414 g/mol. The smallest absolute Gasteiger partial charge is 0.289 e. The Kier molecular flexibility index (Phi) is 5.41. The van der Waals surface area contributed by atoms with Gasteiger partial charge in [0, 0.05) is 42.7 Å². The lowest BCUT2D eigenvalue weighted by Gasteiger charge is -2.33. The van der Waals surface area contributed by atoms with Crippen LogP contribution in [-0.4, -0.2) is 60.9 Å². The third-order valence-corrected chi connectivity index (χ3v) is 8.00. The number of amides is 2. The maximum Gasteiger partial charge on any atom is 0.289 e. The Bertz CT molecular complexity index is 1030. The highest BCUT2D eigenvalue weighted by Crippen LogP contribution is 2.36. The molecule has 4 rings (SSSR count). The summed E-state index contributed by atoms with van der Waals surface area (Å²) in [6, 6.07) is 8.07. The van der Waals surface area contributed by atoms with E-state index < -0.39 is 10.0 Å². The quantitative estimate of drug-likeness (QED) is 0.794. The molecule has 1 N–H and O–H groups in total. The van der Waals surface area contributed by atoms with Crippen LogP contribution >= 0.6 is 11.8 Å². The summed E-state index contributed by atoms with van der Waals surface area (Å²) in [4.78, 5) is 26.9. The van der Waals surface area contributed by atoms with Gasteiger partial charge in [-0.1, -0.05) is 6.92 Å². The van der Waals surface area contributed by atoms with E-state index in [4.69, 9.17) is 4.42 Å². The standard InChI is InChI=1S/C19H21N3O5S2/c1-13-11-18(23)20-15-12-14(4-5-17(15)28-13)29(25,26)22-8-6-21(7-9-22)19(24)16-3-2-10-27-16/h2-5,10,12-13H,6-9,11H2,1H3,(H,20,23)/t13-/m1/s1. The number of benzene rings is 1. The molecule has 2 amide bonds. The zero-order valence-electron chi connectivity index (χ0n) is 15.8. The minimum atomic E-state index is -3.73. The van der Waals surface area contributed by atoms with Crippen molar-refractivity contribution >= 4 is 39.3 Å². The molecule has 3 heterocycles. The van der Waals surface area contributed by atoms with E-state index in [9.17, 15) is 18.0 Å². The third-order valence-electron chi connectivity index (χ3n) is 4.92. The zero-order valence-corrected chi connectivity index (χ0v) is 17.5. The molecule has 0 aliphatic carbocycles. The Hall–Kier alpha value is -2.30. The van der Waals surface area contributed by atoms with Crippen LogP contribution in [-0.2, 0) is 14.8 Å². The first kappa shape index (κ1) is 20.0. The lowest BCUT2D eigenvalue weighted by atomic mass is 10.3. The second kappa shape index (κ2) is 7.85. The van der Waals surface area contributed by atoms with Crippen molar-refractivity contribution in [3.63, 3.8) is 0 Å². The molecule has 1 saturated heterocycles. The van der Waals surface area contributed by atoms with E-state index in [0.717, 1.165) is 4.90 Å². The Balaban J connectivity index is 1.50. The highest BCUT2D eigenvalue weighted by molar-refractivity contribution is 8.00. The van der Waals surface area contributed by atoms with Gasteiger partial charge in [0.2, 0.25) is 15.9 Å². The zero-order chi connectivity index (χ0) is 20.6. The van der Waals surface area contributed by atoms with Crippen molar-refractivity contribution in [2.75, 3.05) is 31.5 Å². The summed E-state index contributed by atoms with van der Waals surface area (Å²) >= 11 is 1.55. The predicted octanol–water partition coefficient (Wildman–Crippen LogP) is 2.25. The highest BCUT2D eigenvalue weighted by atomic mass is 32.2. The maximum absolute atomic E-state index is 13.1. The summed E-state index contributed by atoms with van der Waals surface area (Å²) in [6.45, 7) is 2.93. The van der Waals surface area contributed by atoms with Gasteiger partial charge in [-0.3, -0.25) is 9.59 Å². The first-order valence-electron chi connectivity index (χ1n) is 9.28. The summed E-state index contributed by atoms with van der Waals surface area (Å²) in [5.74, 6) is -0.121. The fourth-order valence-corrected chi connectivity index (χ4v) is 5.93. The monoisotopic (exact) mass is 435 g/mol. The number of fused-ring (bicyclic) bond motifs is 1. The molecule has 8 nitrogen and oxygen atoms in total. The van der Waals surface area contributed by atoms with Crippen LogP contribution in [0.3, 0.4) is 0 Å². The summed E-state index contributed by atoms with van der Waals surface area (Å²) in [5.41, 5.74) is 0.525. The summed E-state index contributed by atoms with van der Waals surface area (Å²) in [6.07, 6.45) is 1.82. The fraction of sp³-hybridized carbons (Fsp3) is 0.368. The van der Waals surface area contributed by atoms with E-state index in [0.29, 0.717) is 12.1 Å². The second-order valence-electron chi connectivity index (χ2n) is 7.01. The van der Waals surface area contributed by atoms with Crippen molar-refractivity contribution in [1.29, 1.82) is 0 Å². The van der Waals surface area contributed by atoms with Gasteiger partial charge in [0.25, 0.3) is 5.91 Å². The molecule has 2 aliphatic heterocycles. The molecule has 0 bridgehead atoms. The molecule has 29 heavy (non-hydrogen) atoms. The highest BCUT2D eigenvalue weighted by Gasteiger charge is 2.32. The van der Waals surface area contributed by atoms with Crippen LogP contribution in [0.15, 0.2) is 50.8 Å². The van der Waals surface area contributed by atoms with E-state index in [1.54, 1.807) is 40.9 Å². The van der Waals surface area contributed by atoms with Crippen molar-refractivity contribution < 1.29 is 22.4 Å². The minimum absolute atomic E-state index is 0.122. The second-order valence-corrected chi connectivity index (χ2v) is 10.4. The van der Waals surface area contributed by atoms with Gasteiger partial charge < -0.3 is 14.6 Å². The lowest BCUT2D eigenvalue weighted by molar-refractivity contribution is -0.116. The molecule has 1 atom stereocenters. The Labute approximate surface area is 173 Å². The van der Waals surface area contributed by atoms with E-state index in [1.165, 1.54) is 16.6 Å². The number of hydrogen-bond donors (Lipinski definition) is 1. The lowest BCUT2D eigenvalue weighted by Crippen LogP contribution is -2.50. The number of thioether (sulfide) groups is 1. The number of sulfonamides is 1. The first-order valence-corrected chi connectivity index (χ1v) is 11.6. The molecule has 0 spiro atoms. The van der Waals surface area contributed by atoms with E-state index in [1.807, 2.05) is 6.92 Å². The molecule has 0 unspecified atom stereocenters. The van der Waals surface area contributed by atoms with Crippen LogP contribution in [0, 0.1) is 0 Å².